The quantitative estimate of drug-likeness (QED) is 0.800. The maximum absolute atomic E-state index is 13.0. The summed E-state index contributed by atoms with van der Waals surface area (Å²) in [5.41, 5.74) is 1.43. The summed E-state index contributed by atoms with van der Waals surface area (Å²) in [5, 5.41) is 0. The van der Waals surface area contributed by atoms with Crippen molar-refractivity contribution in [2.45, 2.75) is 6.10 Å². The number of ether oxygens (including phenoxy) is 2. The van der Waals surface area contributed by atoms with Crippen LogP contribution in [0.5, 0.6) is 0 Å². The number of H-pyrrole nitrogens is 1. The van der Waals surface area contributed by atoms with E-state index in [0.717, 1.165) is 5.52 Å². The molecule has 0 bridgehead atoms. The Labute approximate surface area is 91.4 Å². The van der Waals surface area contributed by atoms with Gasteiger partial charge in [0.1, 0.15) is 17.7 Å². The molecule has 0 radical (unpaired) electrons. The Bertz CT molecular complexity index is 506. The average Bonchev–Trinajstić information content (AvgIpc) is 2.73. The number of aromatic amines is 1. The Kier molecular flexibility index (Phi) is 2.34. The van der Waals surface area contributed by atoms with Crippen LogP contribution in [0.1, 0.15) is 11.9 Å². The molecule has 1 aromatic carbocycles. The number of aromatic nitrogens is 2. The summed E-state index contributed by atoms with van der Waals surface area (Å²) in [7, 11) is 0. The molecule has 84 valence electrons. The van der Waals surface area contributed by atoms with Gasteiger partial charge in [-0.3, -0.25) is 0 Å². The Balaban J connectivity index is 1.97. The first-order chi connectivity index (χ1) is 7.83. The molecule has 0 spiro atoms. The Morgan fingerprint density at radius 3 is 3.12 bits per heavy atom. The molecule has 1 saturated heterocycles. The van der Waals surface area contributed by atoms with E-state index in [-0.39, 0.29) is 11.9 Å². The summed E-state index contributed by atoms with van der Waals surface area (Å²) in [6.07, 6.45) is -0.177. The maximum atomic E-state index is 13.0. The number of halogens is 1. The van der Waals surface area contributed by atoms with Crippen molar-refractivity contribution in [3.05, 3.63) is 29.8 Å². The molecule has 5 heteroatoms. The van der Waals surface area contributed by atoms with Crippen molar-refractivity contribution >= 4 is 11.0 Å². The van der Waals surface area contributed by atoms with Crippen LogP contribution in [-0.2, 0) is 9.47 Å². The third kappa shape index (κ3) is 1.68. The lowest BCUT2D eigenvalue weighted by Gasteiger charge is -2.20. The summed E-state index contributed by atoms with van der Waals surface area (Å²) < 4.78 is 23.8. The molecule has 1 fully saturated rings. The summed E-state index contributed by atoms with van der Waals surface area (Å²) in [6, 6.07) is 4.47. The van der Waals surface area contributed by atoms with Crippen LogP contribution in [0.2, 0.25) is 0 Å². The summed E-state index contributed by atoms with van der Waals surface area (Å²) in [5.74, 6) is 0.420. The molecule has 0 saturated carbocycles. The lowest BCUT2D eigenvalue weighted by molar-refractivity contribution is -0.0931. The molecule has 2 heterocycles. The number of rotatable bonds is 1. The summed E-state index contributed by atoms with van der Waals surface area (Å²) in [6.45, 7) is 1.67. The smallest absolute Gasteiger partial charge is 0.138 e. The minimum atomic E-state index is -0.275. The van der Waals surface area contributed by atoms with Gasteiger partial charge in [0.25, 0.3) is 0 Å². The van der Waals surface area contributed by atoms with Gasteiger partial charge in [0.05, 0.1) is 30.9 Å². The van der Waals surface area contributed by atoms with E-state index >= 15 is 0 Å². The first kappa shape index (κ1) is 9.74. The fraction of sp³-hybridized carbons (Fsp3) is 0.364. The van der Waals surface area contributed by atoms with Crippen LogP contribution < -0.4 is 0 Å². The molecule has 1 aliphatic heterocycles. The zero-order chi connectivity index (χ0) is 11.0. The second kappa shape index (κ2) is 3.84. The van der Waals surface area contributed by atoms with Gasteiger partial charge in [-0.2, -0.15) is 0 Å². The van der Waals surface area contributed by atoms with E-state index < -0.39 is 0 Å². The van der Waals surface area contributed by atoms with Crippen LogP contribution in [0.25, 0.3) is 11.0 Å². The van der Waals surface area contributed by atoms with Gasteiger partial charge in [-0.25, -0.2) is 9.37 Å². The molecule has 16 heavy (non-hydrogen) atoms. The standard InChI is InChI=1S/C11H11FN2O2/c12-7-1-2-8-9(5-7)14-11(13-8)10-6-15-3-4-16-10/h1-2,5,10H,3-4,6H2,(H,13,14). The second-order valence-corrected chi connectivity index (χ2v) is 3.72. The molecule has 1 N–H and O–H groups in total. The molecule has 1 atom stereocenters. The molecule has 1 aliphatic rings. The van der Waals surface area contributed by atoms with Crippen molar-refractivity contribution in [2.75, 3.05) is 19.8 Å². The number of fused-ring (bicyclic) bond motifs is 1. The van der Waals surface area contributed by atoms with Gasteiger partial charge >= 0.3 is 0 Å². The first-order valence-corrected chi connectivity index (χ1v) is 5.17. The van der Waals surface area contributed by atoms with Crippen molar-refractivity contribution in [3.8, 4) is 0 Å². The molecular weight excluding hydrogens is 211 g/mol. The van der Waals surface area contributed by atoms with E-state index in [0.29, 0.717) is 31.2 Å². The van der Waals surface area contributed by atoms with E-state index in [1.165, 1.54) is 12.1 Å². The SMILES string of the molecule is Fc1ccc2nc(C3COCCO3)[nH]c2c1. The van der Waals surface area contributed by atoms with Crippen LogP contribution >= 0.6 is 0 Å². The number of nitrogens with one attached hydrogen (secondary N) is 1. The highest BCUT2D eigenvalue weighted by molar-refractivity contribution is 5.75. The van der Waals surface area contributed by atoms with E-state index in [1.807, 2.05) is 0 Å². The van der Waals surface area contributed by atoms with E-state index in [4.69, 9.17) is 9.47 Å². The van der Waals surface area contributed by atoms with Crippen LogP contribution in [0, 0.1) is 5.82 Å². The number of nitrogens with zero attached hydrogens (tertiary/aromatic N) is 1. The lowest BCUT2D eigenvalue weighted by atomic mass is 10.3. The Morgan fingerprint density at radius 2 is 2.31 bits per heavy atom. The fourth-order valence-corrected chi connectivity index (χ4v) is 1.80. The largest absolute Gasteiger partial charge is 0.376 e. The van der Waals surface area contributed by atoms with Crippen molar-refractivity contribution in [3.63, 3.8) is 0 Å². The third-order valence-corrected chi connectivity index (χ3v) is 2.58. The highest BCUT2D eigenvalue weighted by atomic mass is 19.1. The number of hydrogen-bond acceptors (Lipinski definition) is 3. The van der Waals surface area contributed by atoms with Gasteiger partial charge in [0.2, 0.25) is 0 Å². The van der Waals surface area contributed by atoms with E-state index in [9.17, 15) is 4.39 Å². The summed E-state index contributed by atoms with van der Waals surface area (Å²) >= 11 is 0. The van der Waals surface area contributed by atoms with Crippen LogP contribution in [-0.4, -0.2) is 29.8 Å². The number of benzene rings is 1. The van der Waals surface area contributed by atoms with Gasteiger partial charge < -0.3 is 14.5 Å². The van der Waals surface area contributed by atoms with Gasteiger partial charge in [0, 0.05) is 0 Å². The molecular formula is C11H11FN2O2. The van der Waals surface area contributed by atoms with E-state index in [1.54, 1.807) is 6.07 Å². The molecule has 3 rings (SSSR count). The normalized spacial score (nSPS) is 21.4. The second-order valence-electron chi connectivity index (χ2n) is 3.72. The molecule has 0 amide bonds. The van der Waals surface area contributed by atoms with Crippen molar-refractivity contribution in [2.24, 2.45) is 0 Å². The highest BCUT2D eigenvalue weighted by Gasteiger charge is 2.20. The molecule has 4 nitrogen and oxygen atoms in total. The highest BCUT2D eigenvalue weighted by Crippen LogP contribution is 2.21. The van der Waals surface area contributed by atoms with Crippen molar-refractivity contribution in [1.29, 1.82) is 0 Å². The minimum Gasteiger partial charge on any atom is -0.376 e. The molecule has 1 aromatic heterocycles. The van der Waals surface area contributed by atoms with Gasteiger partial charge in [0.15, 0.2) is 0 Å². The summed E-state index contributed by atoms with van der Waals surface area (Å²) in [4.78, 5) is 7.40. The van der Waals surface area contributed by atoms with E-state index in [2.05, 4.69) is 9.97 Å². The molecule has 0 aliphatic carbocycles. The Hall–Kier alpha value is -1.46. The number of hydrogen-bond donors (Lipinski definition) is 1. The van der Waals surface area contributed by atoms with Crippen molar-refractivity contribution < 1.29 is 13.9 Å². The Morgan fingerprint density at radius 1 is 1.38 bits per heavy atom. The predicted octanol–water partition coefficient (Wildman–Crippen LogP) is 1.79. The lowest BCUT2D eigenvalue weighted by Crippen LogP contribution is -2.22. The van der Waals surface area contributed by atoms with Crippen LogP contribution in [0.15, 0.2) is 18.2 Å². The molecule has 1 unspecified atom stereocenters. The van der Waals surface area contributed by atoms with Gasteiger partial charge in [-0.15, -0.1) is 0 Å². The van der Waals surface area contributed by atoms with Crippen molar-refractivity contribution in [1.82, 2.24) is 9.97 Å². The zero-order valence-corrected chi connectivity index (χ0v) is 8.57. The average molecular weight is 222 g/mol. The fourth-order valence-electron chi connectivity index (χ4n) is 1.80. The first-order valence-electron chi connectivity index (χ1n) is 5.17. The maximum Gasteiger partial charge on any atom is 0.138 e. The topological polar surface area (TPSA) is 47.1 Å². The monoisotopic (exact) mass is 222 g/mol. The van der Waals surface area contributed by atoms with Gasteiger partial charge in [-0.05, 0) is 18.2 Å². The zero-order valence-electron chi connectivity index (χ0n) is 8.57. The predicted molar refractivity (Wildman–Crippen MR) is 55.6 cm³/mol. The van der Waals surface area contributed by atoms with Crippen LogP contribution in [0.3, 0.4) is 0 Å². The van der Waals surface area contributed by atoms with Crippen LogP contribution in [0.4, 0.5) is 4.39 Å². The molecule has 2 aromatic rings. The third-order valence-electron chi connectivity index (χ3n) is 2.58. The number of imidazole rings is 1. The van der Waals surface area contributed by atoms with Gasteiger partial charge in [-0.1, -0.05) is 0 Å². The minimum absolute atomic E-state index is 0.177.